The van der Waals surface area contributed by atoms with Crippen LogP contribution >= 0.6 is 0 Å². The number of unbranched alkanes of at least 4 members (excludes halogenated alkanes) is 2. The highest BCUT2D eigenvalue weighted by molar-refractivity contribution is 7.90. The zero-order valence-corrected chi connectivity index (χ0v) is 10.2. The lowest BCUT2D eigenvalue weighted by molar-refractivity contribution is 0.540. The molecule has 3 N–H and O–H groups in total. The van der Waals surface area contributed by atoms with E-state index in [0.29, 0.717) is 13.1 Å². The van der Waals surface area contributed by atoms with E-state index in [1.807, 2.05) is 0 Å². The number of rotatable bonds is 6. The smallest absolute Gasteiger partial charge is 0.216 e. The predicted octanol–water partition coefficient (Wildman–Crippen LogP) is 0.833. The minimum atomic E-state index is -3.17. The van der Waals surface area contributed by atoms with Crippen LogP contribution in [0.15, 0.2) is 0 Å². The summed E-state index contributed by atoms with van der Waals surface area (Å²) in [5, 5.41) is 0. The number of hydrogen-bond donors (Lipinski definition) is 2. The molecule has 0 aromatic heterocycles. The first-order valence-corrected chi connectivity index (χ1v) is 6.49. The first kappa shape index (κ1) is 13.9. The second-order valence-corrected chi connectivity index (χ2v) is 6.88. The Morgan fingerprint density at radius 3 is 2.14 bits per heavy atom. The van der Waals surface area contributed by atoms with Crippen molar-refractivity contribution in [2.45, 2.75) is 44.8 Å². The number of hydrogen-bond acceptors (Lipinski definition) is 3. The molecule has 0 spiro atoms. The summed E-state index contributed by atoms with van der Waals surface area (Å²) in [6.07, 6.45) is 2.78. The quantitative estimate of drug-likeness (QED) is 0.654. The van der Waals surface area contributed by atoms with Gasteiger partial charge in [0.05, 0.1) is 4.75 Å². The maximum atomic E-state index is 11.5. The molecule has 0 atom stereocenters. The molecule has 0 heterocycles. The van der Waals surface area contributed by atoms with Crippen LogP contribution in [0.2, 0.25) is 0 Å². The van der Waals surface area contributed by atoms with Crippen LogP contribution in [-0.4, -0.2) is 26.3 Å². The molecule has 0 radical (unpaired) electrons. The highest BCUT2D eigenvalue weighted by Gasteiger charge is 2.27. The third-order valence-corrected chi connectivity index (χ3v) is 4.18. The third kappa shape index (κ3) is 4.93. The molecule has 0 aliphatic rings. The van der Waals surface area contributed by atoms with Gasteiger partial charge in [0, 0.05) is 6.54 Å². The van der Waals surface area contributed by atoms with Crippen molar-refractivity contribution in [1.29, 1.82) is 0 Å². The molecule has 0 saturated carbocycles. The summed E-state index contributed by atoms with van der Waals surface area (Å²) < 4.78 is 25.0. The van der Waals surface area contributed by atoms with Gasteiger partial charge in [0.1, 0.15) is 0 Å². The van der Waals surface area contributed by atoms with Gasteiger partial charge in [0.25, 0.3) is 0 Å². The second kappa shape index (κ2) is 5.68. The van der Waals surface area contributed by atoms with Crippen molar-refractivity contribution in [3.63, 3.8) is 0 Å². The third-order valence-electron chi connectivity index (χ3n) is 1.98. The number of nitrogens with one attached hydrogen (secondary N) is 1. The van der Waals surface area contributed by atoms with Crippen molar-refractivity contribution < 1.29 is 8.42 Å². The maximum Gasteiger partial charge on any atom is 0.216 e. The van der Waals surface area contributed by atoms with Crippen molar-refractivity contribution in [2.75, 3.05) is 13.1 Å². The maximum absolute atomic E-state index is 11.5. The van der Waals surface area contributed by atoms with E-state index in [9.17, 15) is 8.42 Å². The van der Waals surface area contributed by atoms with Crippen LogP contribution in [0.1, 0.15) is 40.0 Å². The molecule has 5 heteroatoms. The summed E-state index contributed by atoms with van der Waals surface area (Å²) in [4.78, 5) is 0. The Morgan fingerprint density at radius 1 is 1.14 bits per heavy atom. The van der Waals surface area contributed by atoms with E-state index in [1.165, 1.54) is 0 Å². The van der Waals surface area contributed by atoms with E-state index in [1.54, 1.807) is 20.8 Å². The first-order chi connectivity index (χ1) is 6.31. The molecule has 0 aromatic rings. The van der Waals surface area contributed by atoms with Gasteiger partial charge in [-0.3, -0.25) is 0 Å². The Bertz CT molecular complexity index is 242. The Morgan fingerprint density at radius 2 is 1.71 bits per heavy atom. The largest absolute Gasteiger partial charge is 0.330 e. The fourth-order valence-corrected chi connectivity index (χ4v) is 1.72. The average molecular weight is 222 g/mol. The van der Waals surface area contributed by atoms with Crippen molar-refractivity contribution in [2.24, 2.45) is 5.73 Å². The van der Waals surface area contributed by atoms with Crippen LogP contribution < -0.4 is 10.5 Å². The monoisotopic (exact) mass is 222 g/mol. The Balaban J connectivity index is 3.80. The summed E-state index contributed by atoms with van der Waals surface area (Å²) in [5.41, 5.74) is 5.33. The van der Waals surface area contributed by atoms with Gasteiger partial charge in [-0.2, -0.15) is 0 Å². The topological polar surface area (TPSA) is 72.2 Å². The van der Waals surface area contributed by atoms with Gasteiger partial charge < -0.3 is 5.73 Å². The summed E-state index contributed by atoms with van der Waals surface area (Å²) in [5.74, 6) is 0. The fraction of sp³-hybridized carbons (Fsp3) is 1.00. The van der Waals surface area contributed by atoms with E-state index in [2.05, 4.69) is 4.72 Å². The summed E-state index contributed by atoms with van der Waals surface area (Å²) in [6, 6.07) is 0. The van der Waals surface area contributed by atoms with Crippen LogP contribution in [0.3, 0.4) is 0 Å². The molecule has 0 aliphatic heterocycles. The molecule has 4 nitrogen and oxygen atoms in total. The van der Waals surface area contributed by atoms with E-state index in [4.69, 9.17) is 5.73 Å². The summed E-state index contributed by atoms with van der Waals surface area (Å²) in [7, 11) is -3.17. The standard InChI is InChI=1S/C9H22N2O2S/c1-9(2,3)14(12,13)11-8-6-4-5-7-10/h11H,4-8,10H2,1-3H3. The SMILES string of the molecule is CC(C)(C)S(=O)(=O)NCCCCCN. The highest BCUT2D eigenvalue weighted by Crippen LogP contribution is 2.12. The van der Waals surface area contributed by atoms with Gasteiger partial charge in [0.2, 0.25) is 10.0 Å². The van der Waals surface area contributed by atoms with E-state index < -0.39 is 14.8 Å². The first-order valence-electron chi connectivity index (χ1n) is 5.00. The minimum Gasteiger partial charge on any atom is -0.330 e. The Kier molecular flexibility index (Phi) is 5.63. The predicted molar refractivity (Wildman–Crippen MR) is 59.6 cm³/mol. The van der Waals surface area contributed by atoms with Gasteiger partial charge in [-0.1, -0.05) is 6.42 Å². The normalized spacial score (nSPS) is 13.1. The highest BCUT2D eigenvalue weighted by atomic mass is 32.2. The minimum absolute atomic E-state index is 0.513. The van der Waals surface area contributed by atoms with Gasteiger partial charge in [0.15, 0.2) is 0 Å². The fourth-order valence-electron chi connectivity index (χ4n) is 0.869. The van der Waals surface area contributed by atoms with Crippen LogP contribution in [0.25, 0.3) is 0 Å². The average Bonchev–Trinajstić information content (AvgIpc) is 2.02. The van der Waals surface area contributed by atoms with Crippen molar-refractivity contribution in [1.82, 2.24) is 4.72 Å². The van der Waals surface area contributed by atoms with E-state index in [-0.39, 0.29) is 0 Å². The molecule has 0 fully saturated rings. The van der Waals surface area contributed by atoms with Crippen LogP contribution in [-0.2, 0) is 10.0 Å². The zero-order chi connectivity index (χ0) is 11.2. The van der Waals surface area contributed by atoms with Crippen molar-refractivity contribution in [3.05, 3.63) is 0 Å². The van der Waals surface area contributed by atoms with Gasteiger partial charge in [-0.25, -0.2) is 13.1 Å². The second-order valence-electron chi connectivity index (χ2n) is 4.36. The Labute approximate surface area is 87.3 Å². The van der Waals surface area contributed by atoms with E-state index in [0.717, 1.165) is 19.3 Å². The molecule has 0 saturated heterocycles. The molecule has 0 bridgehead atoms. The molecule has 0 unspecified atom stereocenters. The van der Waals surface area contributed by atoms with E-state index >= 15 is 0 Å². The van der Waals surface area contributed by atoms with Gasteiger partial charge >= 0.3 is 0 Å². The van der Waals surface area contributed by atoms with Crippen LogP contribution in [0.4, 0.5) is 0 Å². The van der Waals surface area contributed by atoms with Crippen molar-refractivity contribution >= 4 is 10.0 Å². The molecule has 0 aromatic carbocycles. The summed E-state index contributed by atoms with van der Waals surface area (Å²) >= 11 is 0. The molecule has 86 valence electrons. The zero-order valence-electron chi connectivity index (χ0n) is 9.34. The number of sulfonamides is 1. The molecule has 0 amide bonds. The lowest BCUT2D eigenvalue weighted by atomic mass is 10.2. The molecule has 0 rings (SSSR count). The lowest BCUT2D eigenvalue weighted by Gasteiger charge is -2.19. The lowest BCUT2D eigenvalue weighted by Crippen LogP contribution is -2.39. The van der Waals surface area contributed by atoms with Crippen LogP contribution in [0.5, 0.6) is 0 Å². The molecular weight excluding hydrogens is 200 g/mol. The molecule has 0 aliphatic carbocycles. The van der Waals surface area contributed by atoms with Crippen LogP contribution in [0, 0.1) is 0 Å². The molecule has 14 heavy (non-hydrogen) atoms. The van der Waals surface area contributed by atoms with Gasteiger partial charge in [-0.05, 0) is 40.2 Å². The summed E-state index contributed by atoms with van der Waals surface area (Å²) in [6.45, 7) is 6.26. The van der Waals surface area contributed by atoms with Gasteiger partial charge in [-0.15, -0.1) is 0 Å². The van der Waals surface area contributed by atoms with Crippen molar-refractivity contribution in [3.8, 4) is 0 Å². The molecular formula is C9H22N2O2S. The Hall–Kier alpha value is -0.130. The number of nitrogens with two attached hydrogens (primary N) is 1.